The Balaban J connectivity index is -0.00000153. The lowest BCUT2D eigenvalue weighted by Crippen LogP contribution is -2.57. The van der Waals surface area contributed by atoms with Gasteiger partial charge in [-0.3, -0.25) is 19.4 Å². The van der Waals surface area contributed by atoms with E-state index in [4.69, 9.17) is 22.9 Å². The van der Waals surface area contributed by atoms with Crippen molar-refractivity contribution in [1.29, 1.82) is 0 Å². The summed E-state index contributed by atoms with van der Waals surface area (Å²) < 4.78 is 0. The second-order valence-electron chi connectivity index (χ2n) is 8.65. The van der Waals surface area contributed by atoms with E-state index in [0.29, 0.717) is 38.6 Å². The van der Waals surface area contributed by atoms with Crippen molar-refractivity contribution in [2.24, 2.45) is 27.9 Å². The van der Waals surface area contributed by atoms with Crippen LogP contribution in [0.2, 0.25) is 0 Å². The van der Waals surface area contributed by atoms with Gasteiger partial charge in [-0.05, 0) is 58.4 Å². The zero-order chi connectivity index (χ0) is 26.5. The third-order valence-corrected chi connectivity index (χ3v) is 5.78. The summed E-state index contributed by atoms with van der Waals surface area (Å²) in [6.45, 7) is 2.28. The van der Waals surface area contributed by atoms with Crippen LogP contribution >= 0.6 is 54.0 Å². The number of hydrogen-bond acceptors (Lipinski definition) is 8. The molecule has 0 aromatic rings. The molecule has 0 aromatic carbocycles. The van der Waals surface area contributed by atoms with Gasteiger partial charge in [0, 0.05) is 13.1 Å². The van der Waals surface area contributed by atoms with E-state index in [1.54, 1.807) is 0 Å². The summed E-state index contributed by atoms with van der Waals surface area (Å²) in [5, 5.41) is 24.2. The minimum atomic E-state index is -1.22. The van der Waals surface area contributed by atoms with Gasteiger partial charge in [-0.25, -0.2) is 4.79 Å². The number of nitrogens with zero attached hydrogens (tertiary/aromatic N) is 2. The molecule has 3 unspecified atom stereocenters. The van der Waals surface area contributed by atoms with E-state index in [9.17, 15) is 29.4 Å². The van der Waals surface area contributed by atoms with Crippen molar-refractivity contribution in [2.75, 3.05) is 19.6 Å². The molecular formula is C21H48N8O6S4. The Kier molecular flexibility index (Phi) is 26.4. The quantitative estimate of drug-likeness (QED) is 0.0527. The number of carbonyl (C=O) groups excluding carboxylic acids is 3. The number of nitrogens with two attached hydrogens (primary N) is 4. The predicted octanol–water partition coefficient (Wildman–Crippen LogP) is -2.63. The van der Waals surface area contributed by atoms with Crippen LogP contribution in [0.25, 0.3) is 0 Å². The number of aliphatic imine (C=N–C) groups is 1. The molecule has 0 aliphatic carbocycles. The molecule has 0 saturated carbocycles. The number of aliphatic carboxylic acids is 1. The van der Waals surface area contributed by atoms with Gasteiger partial charge < -0.3 is 48.7 Å². The maximum Gasteiger partial charge on any atom is 0.326 e. The number of carbonyl (C=O) groups is 4. The van der Waals surface area contributed by atoms with Crippen LogP contribution < -0.4 is 33.6 Å². The molecule has 12 N–H and O–H groups in total. The summed E-state index contributed by atoms with van der Waals surface area (Å²) in [4.78, 5) is 55.4. The van der Waals surface area contributed by atoms with Crippen LogP contribution in [0.3, 0.4) is 0 Å². The Morgan fingerprint density at radius 1 is 1.00 bits per heavy atom. The topological polar surface area (TPSA) is 252 Å². The lowest BCUT2D eigenvalue weighted by Gasteiger charge is -2.30. The number of carboxylic acid groups (broad SMARTS) is 1. The van der Waals surface area contributed by atoms with Gasteiger partial charge in [-0.2, -0.15) is 54.0 Å². The van der Waals surface area contributed by atoms with Gasteiger partial charge >= 0.3 is 5.97 Å². The number of unbranched alkanes of at least 4 members (excludes halogenated alkanes) is 1. The zero-order valence-electron chi connectivity index (χ0n) is 22.2. The second-order valence-corrected chi connectivity index (χ2v) is 8.65. The van der Waals surface area contributed by atoms with E-state index in [1.165, 1.54) is 11.8 Å². The molecule has 1 aliphatic heterocycles. The van der Waals surface area contributed by atoms with E-state index in [1.807, 2.05) is 0 Å². The molecule has 1 aliphatic rings. The number of carboxylic acids is 1. The van der Waals surface area contributed by atoms with E-state index in [2.05, 4.69) is 15.6 Å². The van der Waals surface area contributed by atoms with Gasteiger partial charge in [0.2, 0.25) is 17.7 Å². The highest BCUT2D eigenvalue weighted by molar-refractivity contribution is 7.59. The summed E-state index contributed by atoms with van der Waals surface area (Å²) >= 11 is 0. The number of amides is 3. The van der Waals surface area contributed by atoms with Crippen molar-refractivity contribution in [2.45, 2.75) is 82.1 Å². The van der Waals surface area contributed by atoms with Crippen molar-refractivity contribution >= 4 is 83.6 Å². The standard InChI is InChI=1S/C21H40N8O6.4H2S/c1-12(30)16(23)18(32)27-13(6-2-3-9-22)19(33)29-11-5-8-15(29)17(31)28-14(20(34)35)7-4-10-26-21(24)25;;;;/h12-16,30H,2-11,22-23H2,1H3,(H,27,32)(H,28,31)(H,34,35)(H4,24,25,26);4*1H2/t12-,13?,14?,15?,16+;;;;/m1..../s1. The largest absolute Gasteiger partial charge is 0.480 e. The highest BCUT2D eigenvalue weighted by atomic mass is 32.1. The first-order valence-corrected chi connectivity index (χ1v) is 11.8. The minimum Gasteiger partial charge on any atom is -0.480 e. The first kappa shape index (κ1) is 44.4. The number of guanidine groups is 1. The Morgan fingerprint density at radius 2 is 1.59 bits per heavy atom. The molecule has 0 aromatic heterocycles. The van der Waals surface area contributed by atoms with Crippen molar-refractivity contribution < 1.29 is 29.4 Å². The molecule has 14 nitrogen and oxygen atoms in total. The Morgan fingerprint density at radius 3 is 2.10 bits per heavy atom. The van der Waals surface area contributed by atoms with E-state index < -0.39 is 54.0 Å². The number of likely N-dealkylation sites (tertiary alicyclic amines) is 1. The van der Waals surface area contributed by atoms with E-state index in [-0.39, 0.29) is 85.9 Å². The third kappa shape index (κ3) is 15.7. The van der Waals surface area contributed by atoms with E-state index >= 15 is 0 Å². The van der Waals surface area contributed by atoms with Crippen LogP contribution in [0.5, 0.6) is 0 Å². The molecule has 18 heteroatoms. The molecule has 232 valence electrons. The maximum atomic E-state index is 13.3. The van der Waals surface area contributed by atoms with Crippen molar-refractivity contribution in [3.05, 3.63) is 0 Å². The SMILES string of the molecule is C[C@@H](O)[C@H](N)C(=O)NC(CCCCN)C(=O)N1CCCC1C(=O)NC(CCCN=C(N)N)C(=O)O.S.S.S.S. The fraction of sp³-hybridized carbons (Fsp3) is 0.762. The lowest BCUT2D eigenvalue weighted by atomic mass is 10.1. The zero-order valence-corrected chi connectivity index (χ0v) is 26.2. The summed E-state index contributed by atoms with van der Waals surface area (Å²) in [5.41, 5.74) is 21.7. The Hall–Kier alpha value is -1.57. The molecule has 1 rings (SSSR count). The molecule has 0 radical (unpaired) electrons. The minimum absolute atomic E-state index is 0. The highest BCUT2D eigenvalue weighted by Crippen LogP contribution is 2.20. The lowest BCUT2D eigenvalue weighted by molar-refractivity contribution is -0.145. The van der Waals surface area contributed by atoms with Gasteiger partial charge in [0.05, 0.1) is 6.10 Å². The van der Waals surface area contributed by atoms with Gasteiger partial charge in [0.15, 0.2) is 5.96 Å². The molecule has 1 fully saturated rings. The number of aliphatic hydroxyl groups excluding tert-OH is 1. The summed E-state index contributed by atoms with van der Waals surface area (Å²) in [7, 11) is 0. The smallest absolute Gasteiger partial charge is 0.326 e. The Labute approximate surface area is 257 Å². The van der Waals surface area contributed by atoms with Crippen LogP contribution in [-0.2, 0) is 19.2 Å². The van der Waals surface area contributed by atoms with Gasteiger partial charge in [-0.15, -0.1) is 0 Å². The molecular weight excluding hydrogens is 589 g/mol. The number of hydrogen-bond donors (Lipinski definition) is 8. The van der Waals surface area contributed by atoms with Crippen molar-refractivity contribution in [1.82, 2.24) is 15.5 Å². The fourth-order valence-corrected chi connectivity index (χ4v) is 3.77. The fourth-order valence-electron chi connectivity index (χ4n) is 3.77. The average molecular weight is 637 g/mol. The number of rotatable bonds is 15. The molecule has 1 heterocycles. The molecule has 0 spiro atoms. The second kappa shape index (κ2) is 23.2. The summed E-state index contributed by atoms with van der Waals surface area (Å²) in [6.07, 6.45) is 1.69. The number of aliphatic hydroxyl groups is 1. The van der Waals surface area contributed by atoms with E-state index in [0.717, 1.165) is 0 Å². The molecule has 1 saturated heterocycles. The van der Waals surface area contributed by atoms with Gasteiger partial charge in [-0.1, -0.05) is 0 Å². The average Bonchev–Trinajstić information content (AvgIpc) is 3.29. The van der Waals surface area contributed by atoms with Crippen molar-refractivity contribution in [3.8, 4) is 0 Å². The maximum absolute atomic E-state index is 13.3. The normalized spacial score (nSPS) is 16.8. The predicted molar refractivity (Wildman–Crippen MR) is 170 cm³/mol. The first-order valence-electron chi connectivity index (χ1n) is 11.8. The summed E-state index contributed by atoms with van der Waals surface area (Å²) in [6, 6.07) is -4.21. The van der Waals surface area contributed by atoms with Crippen LogP contribution in [0.1, 0.15) is 51.9 Å². The molecule has 3 amide bonds. The monoisotopic (exact) mass is 636 g/mol. The highest BCUT2D eigenvalue weighted by Gasteiger charge is 2.39. The Bertz CT molecular complexity index is 777. The molecule has 5 atom stereocenters. The van der Waals surface area contributed by atoms with Crippen LogP contribution in [0.4, 0.5) is 0 Å². The van der Waals surface area contributed by atoms with Crippen LogP contribution in [-0.4, -0.2) is 94.7 Å². The third-order valence-electron chi connectivity index (χ3n) is 5.78. The van der Waals surface area contributed by atoms with Crippen LogP contribution in [0, 0.1) is 0 Å². The molecule has 39 heavy (non-hydrogen) atoms. The van der Waals surface area contributed by atoms with Crippen LogP contribution in [0.15, 0.2) is 4.99 Å². The molecule has 0 bridgehead atoms. The number of nitrogens with one attached hydrogen (secondary N) is 2. The van der Waals surface area contributed by atoms with Gasteiger partial charge in [0.1, 0.15) is 24.2 Å². The van der Waals surface area contributed by atoms with Gasteiger partial charge in [0.25, 0.3) is 0 Å². The first-order chi connectivity index (χ1) is 16.5. The van der Waals surface area contributed by atoms with Crippen molar-refractivity contribution in [3.63, 3.8) is 0 Å². The summed E-state index contributed by atoms with van der Waals surface area (Å²) in [5.74, 6) is -3.05.